The summed E-state index contributed by atoms with van der Waals surface area (Å²) in [7, 11) is 0. The Balaban J connectivity index is 2.09. The zero-order chi connectivity index (χ0) is 12.8. The summed E-state index contributed by atoms with van der Waals surface area (Å²) in [6.07, 6.45) is 3.85. The topological polar surface area (TPSA) is 68.0 Å². The third-order valence-corrected chi connectivity index (χ3v) is 2.55. The second-order valence-corrected chi connectivity index (χ2v) is 3.90. The number of nitrogens with one attached hydrogen (secondary N) is 1. The van der Waals surface area contributed by atoms with Crippen LogP contribution in [-0.4, -0.2) is 17.4 Å². The minimum Gasteiger partial charge on any atom is -0.330 e. The number of anilines is 1. The Kier molecular flexibility index (Phi) is 4.04. The van der Waals surface area contributed by atoms with Crippen LogP contribution in [0.2, 0.25) is 0 Å². The number of amides is 1. The normalized spacial score (nSPS) is 10.1. The van der Waals surface area contributed by atoms with Crippen LogP contribution in [0, 0.1) is 0 Å². The van der Waals surface area contributed by atoms with Crippen LogP contribution in [0.25, 0.3) is 11.1 Å². The molecule has 1 heterocycles. The van der Waals surface area contributed by atoms with Gasteiger partial charge in [0.05, 0.1) is 0 Å². The summed E-state index contributed by atoms with van der Waals surface area (Å²) >= 11 is 0. The van der Waals surface area contributed by atoms with Gasteiger partial charge in [0, 0.05) is 31.0 Å². The maximum Gasteiger partial charge on any atom is 0.225 e. The molecular weight excluding hydrogens is 226 g/mol. The van der Waals surface area contributed by atoms with E-state index in [1.54, 1.807) is 12.4 Å². The van der Waals surface area contributed by atoms with E-state index in [0.29, 0.717) is 13.0 Å². The van der Waals surface area contributed by atoms with Crippen LogP contribution in [0.3, 0.4) is 0 Å². The van der Waals surface area contributed by atoms with Crippen molar-refractivity contribution in [1.82, 2.24) is 4.98 Å². The van der Waals surface area contributed by atoms with Crippen LogP contribution < -0.4 is 11.1 Å². The minimum atomic E-state index is -0.0610. The average molecular weight is 241 g/mol. The van der Waals surface area contributed by atoms with Crippen molar-refractivity contribution in [1.29, 1.82) is 0 Å². The summed E-state index contributed by atoms with van der Waals surface area (Å²) in [6.45, 7) is 0.362. The summed E-state index contributed by atoms with van der Waals surface area (Å²) in [5.74, 6) is -0.0610. The van der Waals surface area contributed by atoms with Crippen molar-refractivity contribution in [2.45, 2.75) is 6.42 Å². The van der Waals surface area contributed by atoms with Gasteiger partial charge in [-0.3, -0.25) is 9.78 Å². The van der Waals surface area contributed by atoms with Crippen LogP contribution in [0.4, 0.5) is 5.69 Å². The lowest BCUT2D eigenvalue weighted by Crippen LogP contribution is -2.15. The first-order chi connectivity index (χ1) is 8.79. The van der Waals surface area contributed by atoms with Gasteiger partial charge in [0.15, 0.2) is 0 Å². The van der Waals surface area contributed by atoms with Gasteiger partial charge >= 0.3 is 0 Å². The molecule has 0 aliphatic heterocycles. The van der Waals surface area contributed by atoms with Gasteiger partial charge in [-0.1, -0.05) is 12.1 Å². The second kappa shape index (κ2) is 5.93. The fraction of sp³-hybridized carbons (Fsp3) is 0.143. The molecule has 0 atom stereocenters. The van der Waals surface area contributed by atoms with Crippen molar-refractivity contribution in [3.63, 3.8) is 0 Å². The molecule has 0 saturated carbocycles. The average Bonchev–Trinajstić information content (AvgIpc) is 2.41. The second-order valence-electron chi connectivity index (χ2n) is 3.90. The highest BCUT2D eigenvalue weighted by atomic mass is 16.1. The number of pyridine rings is 1. The van der Waals surface area contributed by atoms with Crippen LogP contribution in [0.5, 0.6) is 0 Å². The lowest BCUT2D eigenvalue weighted by molar-refractivity contribution is -0.116. The number of hydrogen-bond acceptors (Lipinski definition) is 3. The molecule has 1 amide bonds. The van der Waals surface area contributed by atoms with E-state index in [0.717, 1.165) is 16.8 Å². The van der Waals surface area contributed by atoms with E-state index >= 15 is 0 Å². The summed E-state index contributed by atoms with van der Waals surface area (Å²) in [6, 6.07) is 11.6. The molecule has 0 radical (unpaired) electrons. The Bertz CT molecular complexity index is 508. The molecule has 0 bridgehead atoms. The molecular formula is C14H15N3O. The molecule has 3 N–H and O–H groups in total. The Morgan fingerprint density at radius 3 is 2.28 bits per heavy atom. The number of carbonyl (C=O) groups is 1. The molecule has 1 aromatic carbocycles. The van der Waals surface area contributed by atoms with Gasteiger partial charge in [-0.05, 0) is 35.4 Å². The Morgan fingerprint density at radius 2 is 1.67 bits per heavy atom. The van der Waals surface area contributed by atoms with E-state index in [-0.39, 0.29) is 5.91 Å². The van der Waals surface area contributed by atoms with Crippen molar-refractivity contribution >= 4 is 11.6 Å². The van der Waals surface area contributed by atoms with E-state index in [2.05, 4.69) is 10.3 Å². The first kappa shape index (κ1) is 12.3. The fourth-order valence-electron chi connectivity index (χ4n) is 1.64. The number of benzene rings is 1. The molecule has 4 nitrogen and oxygen atoms in total. The smallest absolute Gasteiger partial charge is 0.225 e. The maximum absolute atomic E-state index is 11.4. The van der Waals surface area contributed by atoms with Crippen molar-refractivity contribution in [2.24, 2.45) is 5.73 Å². The predicted octanol–water partition coefficient (Wildman–Crippen LogP) is 2.04. The molecule has 2 rings (SSSR count). The van der Waals surface area contributed by atoms with E-state index in [1.165, 1.54) is 0 Å². The van der Waals surface area contributed by atoms with E-state index in [9.17, 15) is 4.79 Å². The fourth-order valence-corrected chi connectivity index (χ4v) is 1.64. The number of rotatable bonds is 4. The van der Waals surface area contributed by atoms with Crippen molar-refractivity contribution in [3.8, 4) is 11.1 Å². The highest BCUT2D eigenvalue weighted by molar-refractivity contribution is 5.91. The molecule has 2 aromatic rings. The van der Waals surface area contributed by atoms with E-state index < -0.39 is 0 Å². The van der Waals surface area contributed by atoms with Gasteiger partial charge in [-0.2, -0.15) is 0 Å². The summed E-state index contributed by atoms with van der Waals surface area (Å²) < 4.78 is 0. The Hall–Kier alpha value is -2.20. The highest BCUT2D eigenvalue weighted by Gasteiger charge is 2.01. The van der Waals surface area contributed by atoms with Crippen molar-refractivity contribution in [3.05, 3.63) is 48.8 Å². The van der Waals surface area contributed by atoms with Crippen LogP contribution in [-0.2, 0) is 4.79 Å². The largest absolute Gasteiger partial charge is 0.330 e. The molecule has 0 spiro atoms. The van der Waals surface area contributed by atoms with Crippen LogP contribution in [0.1, 0.15) is 6.42 Å². The zero-order valence-corrected chi connectivity index (χ0v) is 9.97. The SMILES string of the molecule is NCCC(=O)Nc1ccc(-c2ccncc2)cc1. The van der Waals surface area contributed by atoms with Crippen LogP contribution >= 0.6 is 0 Å². The Labute approximate surface area is 106 Å². The lowest BCUT2D eigenvalue weighted by Gasteiger charge is -2.06. The van der Waals surface area contributed by atoms with Crippen molar-refractivity contribution in [2.75, 3.05) is 11.9 Å². The van der Waals surface area contributed by atoms with Crippen LogP contribution in [0.15, 0.2) is 48.8 Å². The molecule has 0 unspecified atom stereocenters. The van der Waals surface area contributed by atoms with E-state index in [1.807, 2.05) is 36.4 Å². The maximum atomic E-state index is 11.4. The Morgan fingerprint density at radius 1 is 1.06 bits per heavy atom. The van der Waals surface area contributed by atoms with E-state index in [4.69, 9.17) is 5.73 Å². The first-order valence-electron chi connectivity index (χ1n) is 5.80. The number of carbonyl (C=O) groups excluding carboxylic acids is 1. The van der Waals surface area contributed by atoms with Gasteiger partial charge in [0.2, 0.25) is 5.91 Å². The van der Waals surface area contributed by atoms with Gasteiger partial charge in [0.1, 0.15) is 0 Å². The summed E-state index contributed by atoms with van der Waals surface area (Å²) in [5.41, 5.74) is 8.29. The quantitative estimate of drug-likeness (QED) is 0.860. The molecule has 4 heteroatoms. The molecule has 0 aliphatic carbocycles. The number of nitrogens with zero attached hydrogens (tertiary/aromatic N) is 1. The molecule has 0 saturated heterocycles. The van der Waals surface area contributed by atoms with Gasteiger partial charge in [0.25, 0.3) is 0 Å². The summed E-state index contributed by atoms with van der Waals surface area (Å²) in [5, 5.41) is 2.79. The minimum absolute atomic E-state index is 0.0610. The third kappa shape index (κ3) is 3.15. The number of aromatic nitrogens is 1. The summed E-state index contributed by atoms with van der Waals surface area (Å²) in [4.78, 5) is 15.3. The zero-order valence-electron chi connectivity index (χ0n) is 9.97. The third-order valence-electron chi connectivity index (χ3n) is 2.55. The van der Waals surface area contributed by atoms with Gasteiger partial charge in [-0.25, -0.2) is 0 Å². The van der Waals surface area contributed by atoms with Gasteiger partial charge < -0.3 is 11.1 Å². The molecule has 18 heavy (non-hydrogen) atoms. The van der Waals surface area contributed by atoms with Crippen molar-refractivity contribution < 1.29 is 4.79 Å². The predicted molar refractivity (Wildman–Crippen MR) is 72.0 cm³/mol. The van der Waals surface area contributed by atoms with Gasteiger partial charge in [-0.15, -0.1) is 0 Å². The molecule has 1 aromatic heterocycles. The highest BCUT2D eigenvalue weighted by Crippen LogP contribution is 2.20. The molecule has 0 fully saturated rings. The number of nitrogens with two attached hydrogens (primary N) is 1. The standard InChI is InChI=1S/C14H15N3O/c15-8-5-14(18)17-13-3-1-11(2-4-13)12-6-9-16-10-7-12/h1-4,6-7,9-10H,5,8,15H2,(H,17,18). The monoisotopic (exact) mass is 241 g/mol. The molecule has 92 valence electrons. The molecule has 0 aliphatic rings. The first-order valence-corrected chi connectivity index (χ1v) is 5.80. The number of hydrogen-bond donors (Lipinski definition) is 2. The lowest BCUT2D eigenvalue weighted by atomic mass is 10.1.